The molecule has 5 nitrogen and oxygen atoms in total. The van der Waals surface area contributed by atoms with Crippen molar-refractivity contribution in [2.75, 3.05) is 32.1 Å². The Morgan fingerprint density at radius 3 is 2.38 bits per heavy atom. The van der Waals surface area contributed by atoms with E-state index < -0.39 is 0 Å². The number of amides is 2. The molecule has 0 saturated carbocycles. The number of urea groups is 1. The zero-order valence-corrected chi connectivity index (χ0v) is 14.9. The Bertz CT molecular complexity index is 713. The summed E-state index contributed by atoms with van der Waals surface area (Å²) in [6.45, 7) is 2.55. The Balaban J connectivity index is 1.63. The molecule has 6 heteroatoms. The average Bonchev–Trinajstić information content (AvgIpc) is 3.19. The van der Waals surface area contributed by atoms with E-state index in [1.165, 1.54) is 37.1 Å². The Hall–Kier alpha value is -2.60. The number of benzene rings is 2. The number of likely N-dealkylation sites (tertiary alicyclic amines) is 1. The van der Waals surface area contributed by atoms with Crippen molar-refractivity contribution < 1.29 is 13.9 Å². The second-order valence-corrected chi connectivity index (χ2v) is 6.37. The van der Waals surface area contributed by atoms with E-state index in [1.807, 2.05) is 24.3 Å². The fourth-order valence-corrected chi connectivity index (χ4v) is 3.23. The lowest BCUT2D eigenvalue weighted by Gasteiger charge is -2.28. The number of nitrogens with zero attached hydrogens (tertiary/aromatic N) is 1. The number of halogens is 1. The van der Waals surface area contributed by atoms with Gasteiger partial charge in [-0.15, -0.1) is 0 Å². The molecule has 0 radical (unpaired) electrons. The van der Waals surface area contributed by atoms with Crippen LogP contribution in [-0.2, 0) is 0 Å². The molecule has 2 N–H and O–H groups in total. The highest BCUT2D eigenvalue weighted by Crippen LogP contribution is 2.26. The molecule has 138 valence electrons. The number of nitrogens with one attached hydrogen (secondary N) is 2. The highest BCUT2D eigenvalue weighted by molar-refractivity contribution is 5.89. The van der Waals surface area contributed by atoms with Gasteiger partial charge < -0.3 is 15.4 Å². The number of hydrogen-bond donors (Lipinski definition) is 2. The van der Waals surface area contributed by atoms with E-state index in [0.717, 1.165) is 24.4 Å². The first-order chi connectivity index (χ1) is 12.7. The van der Waals surface area contributed by atoms with Gasteiger partial charge in [0.25, 0.3) is 0 Å². The minimum absolute atomic E-state index is 0.113. The van der Waals surface area contributed by atoms with Crippen LogP contribution in [0.3, 0.4) is 0 Å². The zero-order valence-electron chi connectivity index (χ0n) is 14.9. The van der Waals surface area contributed by atoms with E-state index in [-0.39, 0.29) is 17.9 Å². The van der Waals surface area contributed by atoms with E-state index >= 15 is 0 Å². The van der Waals surface area contributed by atoms with Crippen LogP contribution >= 0.6 is 0 Å². The molecule has 0 unspecified atom stereocenters. The normalized spacial score (nSPS) is 15.5. The summed E-state index contributed by atoms with van der Waals surface area (Å²) in [5.74, 6) is 0.487. The summed E-state index contributed by atoms with van der Waals surface area (Å²) in [5.41, 5.74) is 1.71. The van der Waals surface area contributed by atoms with Gasteiger partial charge in [0.1, 0.15) is 11.6 Å². The average molecular weight is 357 g/mol. The third-order valence-electron chi connectivity index (χ3n) is 4.64. The van der Waals surface area contributed by atoms with Gasteiger partial charge in [-0.25, -0.2) is 9.18 Å². The molecule has 1 aliphatic rings. The van der Waals surface area contributed by atoms with E-state index in [2.05, 4.69) is 15.5 Å². The fraction of sp³-hybridized carbons (Fsp3) is 0.350. The van der Waals surface area contributed by atoms with Crippen molar-refractivity contribution >= 4 is 11.7 Å². The van der Waals surface area contributed by atoms with Gasteiger partial charge in [-0.2, -0.15) is 0 Å². The maximum atomic E-state index is 12.9. The Labute approximate surface area is 153 Å². The molecule has 2 aromatic carbocycles. The van der Waals surface area contributed by atoms with Gasteiger partial charge in [0.15, 0.2) is 0 Å². The number of hydrogen-bond acceptors (Lipinski definition) is 3. The highest BCUT2D eigenvalue weighted by Gasteiger charge is 2.24. The molecular weight excluding hydrogens is 333 g/mol. The Morgan fingerprint density at radius 1 is 1.12 bits per heavy atom. The monoisotopic (exact) mass is 357 g/mol. The predicted molar refractivity (Wildman–Crippen MR) is 100.0 cm³/mol. The summed E-state index contributed by atoms with van der Waals surface area (Å²) in [6, 6.07) is 13.5. The number of methoxy groups -OCH3 is 1. The molecule has 0 spiro atoms. The lowest BCUT2D eigenvalue weighted by Crippen LogP contribution is -2.38. The molecule has 3 rings (SSSR count). The van der Waals surface area contributed by atoms with Crippen LogP contribution in [0.4, 0.5) is 14.9 Å². The van der Waals surface area contributed by atoms with E-state index in [1.54, 1.807) is 7.11 Å². The van der Waals surface area contributed by atoms with Crippen molar-refractivity contribution in [1.29, 1.82) is 0 Å². The van der Waals surface area contributed by atoms with Crippen LogP contribution in [0, 0.1) is 5.82 Å². The van der Waals surface area contributed by atoms with Crippen LogP contribution in [0.5, 0.6) is 5.75 Å². The summed E-state index contributed by atoms with van der Waals surface area (Å²) in [7, 11) is 1.65. The fourth-order valence-electron chi connectivity index (χ4n) is 3.23. The van der Waals surface area contributed by atoms with Crippen LogP contribution < -0.4 is 15.4 Å². The number of rotatable bonds is 6. The Kier molecular flexibility index (Phi) is 6.07. The van der Waals surface area contributed by atoms with Gasteiger partial charge in [-0.1, -0.05) is 12.1 Å². The molecule has 1 atom stereocenters. The zero-order chi connectivity index (χ0) is 18.4. The van der Waals surface area contributed by atoms with E-state index in [4.69, 9.17) is 4.74 Å². The predicted octanol–water partition coefficient (Wildman–Crippen LogP) is 3.79. The molecule has 1 heterocycles. The van der Waals surface area contributed by atoms with Gasteiger partial charge in [-0.05, 0) is 67.9 Å². The van der Waals surface area contributed by atoms with Crippen LogP contribution in [-0.4, -0.2) is 37.7 Å². The van der Waals surface area contributed by atoms with Crippen molar-refractivity contribution in [3.05, 3.63) is 59.9 Å². The van der Waals surface area contributed by atoms with E-state index in [9.17, 15) is 9.18 Å². The second kappa shape index (κ2) is 8.67. The minimum Gasteiger partial charge on any atom is -0.497 e. The molecule has 1 fully saturated rings. The van der Waals surface area contributed by atoms with Crippen LogP contribution in [0.25, 0.3) is 0 Å². The number of carbonyl (C=O) groups excluding carboxylic acids is 1. The summed E-state index contributed by atoms with van der Waals surface area (Å²) in [4.78, 5) is 14.6. The lowest BCUT2D eigenvalue weighted by atomic mass is 10.1. The van der Waals surface area contributed by atoms with Gasteiger partial charge in [-0.3, -0.25) is 4.90 Å². The molecule has 1 saturated heterocycles. The van der Waals surface area contributed by atoms with Crippen LogP contribution in [0.2, 0.25) is 0 Å². The molecule has 2 amide bonds. The standard InChI is InChI=1S/C20H24FN3O2/c1-26-18-10-4-15(5-11-18)19(24-12-2-3-13-24)14-22-20(25)23-17-8-6-16(21)7-9-17/h4-11,19H,2-3,12-14H2,1H3,(H2,22,23,25)/t19-/m1/s1. The smallest absolute Gasteiger partial charge is 0.319 e. The first-order valence-corrected chi connectivity index (χ1v) is 8.84. The molecule has 2 aromatic rings. The number of carbonyl (C=O) groups is 1. The van der Waals surface area contributed by atoms with Crippen molar-refractivity contribution in [2.45, 2.75) is 18.9 Å². The van der Waals surface area contributed by atoms with E-state index in [0.29, 0.717) is 12.2 Å². The molecular formula is C20H24FN3O2. The maximum absolute atomic E-state index is 12.9. The van der Waals surface area contributed by atoms with Crippen molar-refractivity contribution in [2.24, 2.45) is 0 Å². The topological polar surface area (TPSA) is 53.6 Å². The second-order valence-electron chi connectivity index (χ2n) is 6.37. The molecule has 0 aliphatic carbocycles. The van der Waals surface area contributed by atoms with Crippen LogP contribution in [0.1, 0.15) is 24.4 Å². The van der Waals surface area contributed by atoms with Gasteiger partial charge in [0, 0.05) is 12.2 Å². The lowest BCUT2D eigenvalue weighted by molar-refractivity contribution is 0.227. The number of anilines is 1. The first-order valence-electron chi connectivity index (χ1n) is 8.84. The Morgan fingerprint density at radius 2 is 1.77 bits per heavy atom. The first kappa shape index (κ1) is 18.2. The minimum atomic E-state index is -0.329. The van der Waals surface area contributed by atoms with Gasteiger partial charge >= 0.3 is 6.03 Å². The largest absolute Gasteiger partial charge is 0.497 e. The molecule has 26 heavy (non-hydrogen) atoms. The number of ether oxygens (including phenoxy) is 1. The summed E-state index contributed by atoms with van der Waals surface area (Å²) >= 11 is 0. The van der Waals surface area contributed by atoms with Crippen LogP contribution in [0.15, 0.2) is 48.5 Å². The van der Waals surface area contributed by atoms with Crippen molar-refractivity contribution in [3.63, 3.8) is 0 Å². The SMILES string of the molecule is COc1ccc([C@@H](CNC(=O)Nc2ccc(F)cc2)N2CCCC2)cc1. The maximum Gasteiger partial charge on any atom is 0.319 e. The molecule has 1 aliphatic heterocycles. The molecule has 0 aromatic heterocycles. The summed E-state index contributed by atoms with van der Waals surface area (Å²) < 4.78 is 18.2. The van der Waals surface area contributed by atoms with Gasteiger partial charge in [0.2, 0.25) is 0 Å². The summed E-state index contributed by atoms with van der Waals surface area (Å²) in [6.07, 6.45) is 2.35. The van der Waals surface area contributed by atoms with Crippen molar-refractivity contribution in [3.8, 4) is 5.75 Å². The third-order valence-corrected chi connectivity index (χ3v) is 4.64. The summed E-state index contributed by atoms with van der Waals surface area (Å²) in [5, 5.41) is 5.66. The molecule has 0 bridgehead atoms. The quantitative estimate of drug-likeness (QED) is 0.827. The third kappa shape index (κ3) is 4.73. The van der Waals surface area contributed by atoms with Gasteiger partial charge in [0.05, 0.1) is 13.2 Å². The highest BCUT2D eigenvalue weighted by atomic mass is 19.1. The van der Waals surface area contributed by atoms with Crippen molar-refractivity contribution in [1.82, 2.24) is 10.2 Å².